The van der Waals surface area contributed by atoms with Gasteiger partial charge in [0, 0.05) is 41.1 Å². The first kappa shape index (κ1) is 14.4. The number of rotatable bonds is 2. The van der Waals surface area contributed by atoms with Crippen LogP contribution in [0.15, 0.2) is 29.9 Å². The molecule has 0 unspecified atom stereocenters. The van der Waals surface area contributed by atoms with Crippen molar-refractivity contribution in [3.63, 3.8) is 0 Å². The van der Waals surface area contributed by atoms with E-state index >= 15 is 0 Å². The van der Waals surface area contributed by atoms with Gasteiger partial charge in [0.25, 0.3) is 0 Å². The highest BCUT2D eigenvalue weighted by atomic mass is 32.1. The summed E-state index contributed by atoms with van der Waals surface area (Å²) in [6.45, 7) is 2.01. The van der Waals surface area contributed by atoms with Crippen molar-refractivity contribution in [1.82, 2.24) is 10.3 Å². The molecule has 1 atom stereocenters. The average molecular weight is 310 g/mol. The molecule has 1 saturated heterocycles. The summed E-state index contributed by atoms with van der Waals surface area (Å²) < 4.78 is 0. The van der Waals surface area contributed by atoms with Crippen molar-refractivity contribution in [1.29, 1.82) is 10.7 Å². The molecule has 0 spiro atoms. The molecule has 0 saturated carbocycles. The molecular formula is C16H14N4OS. The van der Waals surface area contributed by atoms with E-state index in [2.05, 4.69) is 16.4 Å². The van der Waals surface area contributed by atoms with E-state index in [0.717, 1.165) is 16.0 Å². The fourth-order valence-electron chi connectivity index (χ4n) is 2.70. The molecule has 2 aromatic heterocycles. The lowest BCUT2D eigenvalue weighted by Gasteiger charge is -2.32. The van der Waals surface area contributed by atoms with Gasteiger partial charge in [0.1, 0.15) is 11.9 Å². The van der Waals surface area contributed by atoms with E-state index in [-0.39, 0.29) is 17.2 Å². The first-order chi connectivity index (χ1) is 10.5. The van der Waals surface area contributed by atoms with Gasteiger partial charge < -0.3 is 5.32 Å². The van der Waals surface area contributed by atoms with Gasteiger partial charge in [-0.3, -0.25) is 15.2 Å². The van der Waals surface area contributed by atoms with Crippen LogP contribution < -0.4 is 5.32 Å². The Balaban J connectivity index is 1.95. The summed E-state index contributed by atoms with van der Waals surface area (Å²) in [4.78, 5) is 16.9. The van der Waals surface area contributed by atoms with E-state index < -0.39 is 0 Å². The quantitative estimate of drug-likeness (QED) is 0.893. The molecule has 22 heavy (non-hydrogen) atoms. The monoisotopic (exact) mass is 310 g/mol. The van der Waals surface area contributed by atoms with Crippen LogP contribution in [0.4, 0.5) is 0 Å². The zero-order valence-corrected chi connectivity index (χ0v) is 12.8. The first-order valence-corrected chi connectivity index (χ1v) is 7.70. The van der Waals surface area contributed by atoms with Crippen molar-refractivity contribution in [3.8, 4) is 17.2 Å². The molecular weight excluding hydrogens is 296 g/mol. The Morgan fingerprint density at radius 1 is 1.36 bits per heavy atom. The van der Waals surface area contributed by atoms with Gasteiger partial charge in [0.15, 0.2) is 0 Å². The van der Waals surface area contributed by atoms with Crippen molar-refractivity contribution < 1.29 is 4.79 Å². The fraction of sp³-hybridized carbons (Fsp3) is 0.250. The molecule has 0 radical (unpaired) electrons. The second kappa shape index (κ2) is 5.35. The maximum absolute atomic E-state index is 11.7. The molecule has 6 heteroatoms. The minimum absolute atomic E-state index is 0.109. The van der Waals surface area contributed by atoms with Crippen molar-refractivity contribution >= 4 is 23.1 Å². The van der Waals surface area contributed by atoms with Crippen LogP contribution in [-0.4, -0.2) is 16.7 Å². The van der Waals surface area contributed by atoms with E-state index in [0.29, 0.717) is 18.4 Å². The highest BCUT2D eigenvalue weighted by molar-refractivity contribution is 7.10. The SMILES string of the molecule is C[C@]1(c2cc(-c3cncc(C#N)c3)cs2)CC(=N)NC(=O)C1. The number of carbonyl (C=O) groups excluding carboxylic acids is 1. The van der Waals surface area contributed by atoms with Gasteiger partial charge in [-0.2, -0.15) is 5.26 Å². The summed E-state index contributed by atoms with van der Waals surface area (Å²) in [7, 11) is 0. The summed E-state index contributed by atoms with van der Waals surface area (Å²) in [6.07, 6.45) is 4.16. The third-order valence-corrected chi connectivity index (χ3v) is 5.04. The summed E-state index contributed by atoms with van der Waals surface area (Å²) in [5, 5.41) is 21.3. The number of aromatic nitrogens is 1. The Morgan fingerprint density at radius 3 is 2.91 bits per heavy atom. The number of carbonyl (C=O) groups is 1. The molecule has 3 rings (SSSR count). The van der Waals surface area contributed by atoms with Crippen molar-refractivity contribution in [2.24, 2.45) is 0 Å². The molecule has 1 aliphatic rings. The Kier molecular flexibility index (Phi) is 3.51. The topological polar surface area (TPSA) is 89.6 Å². The molecule has 0 bridgehead atoms. The first-order valence-electron chi connectivity index (χ1n) is 6.82. The molecule has 5 nitrogen and oxygen atoms in total. The van der Waals surface area contributed by atoms with Crippen LogP contribution in [-0.2, 0) is 10.2 Å². The molecule has 0 aromatic carbocycles. The van der Waals surface area contributed by atoms with E-state index in [1.165, 1.54) is 6.20 Å². The Labute approximate surface area is 132 Å². The molecule has 0 aliphatic carbocycles. The number of piperidine rings is 1. The van der Waals surface area contributed by atoms with Crippen LogP contribution in [0.3, 0.4) is 0 Å². The lowest BCUT2D eigenvalue weighted by atomic mass is 9.78. The zero-order valence-electron chi connectivity index (χ0n) is 12.0. The minimum Gasteiger partial charge on any atom is -0.315 e. The standard InChI is InChI=1S/C16H14N4OS/c1-16(4-14(18)20-15(21)5-16)13-3-12(9-22-13)11-2-10(6-17)7-19-8-11/h2-3,7-9H,4-5H2,1H3,(H2,18,20,21)/t16-/m0/s1. The molecule has 1 amide bonds. The van der Waals surface area contributed by atoms with E-state index in [1.54, 1.807) is 23.6 Å². The molecule has 3 heterocycles. The Hall–Kier alpha value is -2.52. The molecule has 1 fully saturated rings. The van der Waals surface area contributed by atoms with Gasteiger partial charge in [0.2, 0.25) is 5.91 Å². The molecule has 1 aliphatic heterocycles. The fourth-order valence-corrected chi connectivity index (χ4v) is 3.78. The average Bonchev–Trinajstić information content (AvgIpc) is 2.96. The normalized spacial score (nSPS) is 21.3. The number of hydrogen-bond acceptors (Lipinski definition) is 5. The van der Waals surface area contributed by atoms with Crippen molar-refractivity contribution in [2.75, 3.05) is 0 Å². The third-order valence-electron chi connectivity index (χ3n) is 3.80. The number of amidine groups is 1. The summed E-state index contributed by atoms with van der Waals surface area (Å²) in [5.41, 5.74) is 2.06. The minimum atomic E-state index is -0.345. The number of pyridine rings is 1. The maximum Gasteiger partial charge on any atom is 0.226 e. The van der Waals surface area contributed by atoms with Gasteiger partial charge in [-0.25, -0.2) is 0 Å². The van der Waals surface area contributed by atoms with E-state index in [1.807, 2.05) is 18.4 Å². The predicted octanol–water partition coefficient (Wildman–Crippen LogP) is 2.83. The highest BCUT2D eigenvalue weighted by Gasteiger charge is 2.36. The van der Waals surface area contributed by atoms with Crippen LogP contribution in [0.2, 0.25) is 0 Å². The number of nitrogens with zero attached hydrogens (tertiary/aromatic N) is 2. The maximum atomic E-state index is 11.7. The Bertz CT molecular complexity index is 786. The van der Waals surface area contributed by atoms with Crippen molar-refractivity contribution in [3.05, 3.63) is 40.3 Å². The van der Waals surface area contributed by atoms with Crippen LogP contribution in [0.25, 0.3) is 11.1 Å². The summed E-state index contributed by atoms with van der Waals surface area (Å²) in [5.74, 6) is 0.156. The molecule has 2 N–H and O–H groups in total. The van der Waals surface area contributed by atoms with Gasteiger partial charge in [0.05, 0.1) is 5.56 Å². The van der Waals surface area contributed by atoms with Crippen LogP contribution >= 0.6 is 11.3 Å². The smallest absolute Gasteiger partial charge is 0.226 e. The van der Waals surface area contributed by atoms with E-state index in [9.17, 15) is 4.79 Å². The van der Waals surface area contributed by atoms with Gasteiger partial charge >= 0.3 is 0 Å². The lowest BCUT2D eigenvalue weighted by Crippen LogP contribution is -2.44. The van der Waals surface area contributed by atoms with Gasteiger partial charge in [-0.05, 0) is 23.1 Å². The third kappa shape index (κ3) is 2.63. The molecule has 2 aromatic rings. The second-order valence-corrected chi connectivity index (χ2v) is 6.63. The van der Waals surface area contributed by atoms with Gasteiger partial charge in [-0.15, -0.1) is 11.3 Å². The predicted molar refractivity (Wildman–Crippen MR) is 84.7 cm³/mol. The number of nitriles is 1. The zero-order chi connectivity index (χ0) is 15.7. The van der Waals surface area contributed by atoms with Crippen LogP contribution in [0, 0.1) is 16.7 Å². The Morgan fingerprint density at radius 2 is 2.18 bits per heavy atom. The number of thiophene rings is 1. The van der Waals surface area contributed by atoms with E-state index in [4.69, 9.17) is 10.7 Å². The summed E-state index contributed by atoms with van der Waals surface area (Å²) >= 11 is 1.58. The number of hydrogen-bond donors (Lipinski definition) is 2. The second-order valence-electron chi connectivity index (χ2n) is 5.71. The van der Waals surface area contributed by atoms with Crippen molar-refractivity contribution in [2.45, 2.75) is 25.2 Å². The summed E-state index contributed by atoms with van der Waals surface area (Å²) in [6, 6.07) is 5.93. The highest BCUT2D eigenvalue weighted by Crippen LogP contribution is 2.39. The largest absolute Gasteiger partial charge is 0.315 e. The molecule has 110 valence electrons. The van der Waals surface area contributed by atoms with Crippen LogP contribution in [0.5, 0.6) is 0 Å². The number of nitrogens with one attached hydrogen (secondary N) is 2. The van der Waals surface area contributed by atoms with Crippen LogP contribution in [0.1, 0.15) is 30.2 Å². The lowest BCUT2D eigenvalue weighted by molar-refractivity contribution is -0.121. The number of amides is 1. The van der Waals surface area contributed by atoms with Gasteiger partial charge in [-0.1, -0.05) is 6.92 Å².